The highest BCUT2D eigenvalue weighted by Gasteiger charge is 2.41. The third-order valence-corrected chi connectivity index (χ3v) is 10.2. The third-order valence-electron chi connectivity index (χ3n) is 10.2. The number of carbonyl (C=O) groups excluding carboxylic acids is 1. The number of amides is 1. The number of aromatic amines is 1. The van der Waals surface area contributed by atoms with Crippen molar-refractivity contribution in [3.05, 3.63) is 40.7 Å². The predicted octanol–water partition coefficient (Wildman–Crippen LogP) is 3.40. The van der Waals surface area contributed by atoms with E-state index in [9.17, 15) is 9.90 Å². The van der Waals surface area contributed by atoms with Crippen molar-refractivity contribution < 1.29 is 19.4 Å². The number of nitrogens with zero attached hydrogens (tertiary/aromatic N) is 4. The van der Waals surface area contributed by atoms with Gasteiger partial charge in [-0.15, -0.1) is 0 Å². The van der Waals surface area contributed by atoms with Crippen LogP contribution < -0.4 is 4.74 Å². The van der Waals surface area contributed by atoms with E-state index in [1.807, 2.05) is 6.07 Å². The molecule has 0 radical (unpaired) electrons. The molecule has 0 spiro atoms. The second-order valence-electron chi connectivity index (χ2n) is 12.9. The van der Waals surface area contributed by atoms with Crippen LogP contribution in [0.2, 0.25) is 0 Å². The third kappa shape index (κ3) is 5.65. The van der Waals surface area contributed by atoms with Crippen LogP contribution in [0.25, 0.3) is 0 Å². The first-order chi connectivity index (χ1) is 19.6. The summed E-state index contributed by atoms with van der Waals surface area (Å²) in [6.45, 7) is 5.72. The Labute approximate surface area is 236 Å². The number of aliphatic hydroxyl groups excluding tert-OH is 1. The molecule has 9 heteroatoms. The van der Waals surface area contributed by atoms with Crippen LogP contribution in [0.4, 0.5) is 0 Å². The number of hydrogen-bond acceptors (Lipinski definition) is 7. The quantitative estimate of drug-likeness (QED) is 0.546. The number of fused-ring (bicyclic) bond motifs is 2. The number of aliphatic hydroxyl groups is 1. The fourth-order valence-electron chi connectivity index (χ4n) is 7.46. The van der Waals surface area contributed by atoms with Crippen molar-refractivity contribution in [1.29, 1.82) is 0 Å². The Morgan fingerprint density at radius 3 is 2.50 bits per heavy atom. The highest BCUT2D eigenvalue weighted by molar-refractivity contribution is 5.95. The first-order valence-corrected chi connectivity index (χ1v) is 15.6. The fourth-order valence-corrected chi connectivity index (χ4v) is 7.46. The highest BCUT2D eigenvalue weighted by atomic mass is 16.5. The topological polar surface area (TPSA) is 104 Å². The molecule has 7 rings (SSSR count). The first kappa shape index (κ1) is 26.4. The van der Waals surface area contributed by atoms with Gasteiger partial charge in [0.2, 0.25) is 0 Å². The summed E-state index contributed by atoms with van der Waals surface area (Å²) in [6.07, 6.45) is 8.68. The number of nitrogens with one attached hydrogen (secondary N) is 1. The summed E-state index contributed by atoms with van der Waals surface area (Å²) in [7, 11) is 0. The van der Waals surface area contributed by atoms with Gasteiger partial charge in [0.25, 0.3) is 5.91 Å². The van der Waals surface area contributed by atoms with Gasteiger partial charge in [-0.25, -0.2) is 0 Å². The number of likely N-dealkylation sites (tertiary alicyclic amines) is 2. The maximum Gasteiger partial charge on any atom is 0.253 e. The van der Waals surface area contributed by atoms with E-state index in [-0.39, 0.29) is 11.8 Å². The maximum absolute atomic E-state index is 13.8. The molecule has 4 fully saturated rings. The van der Waals surface area contributed by atoms with Crippen LogP contribution in [0.5, 0.6) is 5.75 Å². The molecule has 3 aliphatic heterocycles. The molecule has 0 bridgehead atoms. The minimum absolute atomic E-state index is 0.140. The standard InChI is InChI=1S/C31H43N5O4/c37-30(22-3-4-28-29(16-22)33-34-32-28)36-17-23-5-9-35(10-6-24(23)18-36)31(38)26-13-25(21-1-2-21)14-27(15-26)40-19-20-7-11-39-12-8-20/h13-15,20-24,30,37H,1-12,16-19H2,(H,32,33,34). The number of aromatic nitrogens is 3. The van der Waals surface area contributed by atoms with Crippen molar-refractivity contribution in [2.45, 2.75) is 69.9 Å². The van der Waals surface area contributed by atoms with Crippen LogP contribution in [0.1, 0.15) is 78.2 Å². The van der Waals surface area contributed by atoms with Gasteiger partial charge in [0.05, 0.1) is 18.0 Å². The van der Waals surface area contributed by atoms with E-state index >= 15 is 0 Å². The number of H-pyrrole nitrogens is 1. The van der Waals surface area contributed by atoms with Crippen LogP contribution in [0.15, 0.2) is 18.2 Å². The van der Waals surface area contributed by atoms with E-state index in [0.29, 0.717) is 30.3 Å². The molecule has 216 valence electrons. The zero-order valence-electron chi connectivity index (χ0n) is 23.5. The van der Waals surface area contributed by atoms with Gasteiger partial charge in [0.1, 0.15) is 12.0 Å². The van der Waals surface area contributed by atoms with Gasteiger partial charge >= 0.3 is 0 Å². The smallest absolute Gasteiger partial charge is 0.253 e. The largest absolute Gasteiger partial charge is 0.493 e. The molecule has 1 amide bonds. The van der Waals surface area contributed by atoms with Crippen molar-refractivity contribution in [2.75, 3.05) is 46.0 Å². The van der Waals surface area contributed by atoms with Crippen LogP contribution in [-0.2, 0) is 17.6 Å². The maximum atomic E-state index is 13.8. The van der Waals surface area contributed by atoms with E-state index in [1.165, 1.54) is 18.4 Å². The van der Waals surface area contributed by atoms with Gasteiger partial charge < -0.3 is 19.5 Å². The Morgan fingerprint density at radius 2 is 1.75 bits per heavy atom. The van der Waals surface area contributed by atoms with Gasteiger partial charge in [-0.1, -0.05) is 0 Å². The summed E-state index contributed by atoms with van der Waals surface area (Å²) in [5.41, 5.74) is 4.10. The summed E-state index contributed by atoms with van der Waals surface area (Å²) in [6, 6.07) is 6.26. The lowest BCUT2D eigenvalue weighted by atomic mass is 9.88. The normalized spacial score (nSPS) is 28.5. The van der Waals surface area contributed by atoms with Gasteiger partial charge in [0, 0.05) is 57.3 Å². The summed E-state index contributed by atoms with van der Waals surface area (Å²) in [4.78, 5) is 18.1. The summed E-state index contributed by atoms with van der Waals surface area (Å²) >= 11 is 0. The van der Waals surface area contributed by atoms with Crippen molar-refractivity contribution in [3.8, 4) is 5.75 Å². The van der Waals surface area contributed by atoms with E-state index < -0.39 is 6.23 Å². The number of hydrogen-bond donors (Lipinski definition) is 2. The number of ether oxygens (including phenoxy) is 2. The monoisotopic (exact) mass is 549 g/mol. The zero-order chi connectivity index (χ0) is 27.1. The van der Waals surface area contributed by atoms with Crippen molar-refractivity contribution in [3.63, 3.8) is 0 Å². The second kappa shape index (κ2) is 11.4. The van der Waals surface area contributed by atoms with Crippen LogP contribution in [0, 0.1) is 23.7 Å². The molecule has 3 saturated heterocycles. The molecule has 40 heavy (non-hydrogen) atoms. The molecule has 2 aromatic rings. The minimum atomic E-state index is -0.431. The first-order valence-electron chi connectivity index (χ1n) is 15.6. The molecular formula is C31H43N5O4. The van der Waals surface area contributed by atoms with Crippen LogP contribution in [0.3, 0.4) is 0 Å². The fraction of sp³-hybridized carbons (Fsp3) is 0.710. The minimum Gasteiger partial charge on any atom is -0.493 e. The number of carbonyl (C=O) groups is 1. The van der Waals surface area contributed by atoms with Crippen molar-refractivity contribution >= 4 is 5.91 Å². The molecule has 4 atom stereocenters. The molecule has 1 aromatic heterocycles. The molecule has 2 aliphatic carbocycles. The predicted molar refractivity (Wildman–Crippen MR) is 149 cm³/mol. The molecule has 1 saturated carbocycles. The Kier molecular flexibility index (Phi) is 7.54. The average molecular weight is 550 g/mol. The van der Waals surface area contributed by atoms with E-state index in [4.69, 9.17) is 9.47 Å². The van der Waals surface area contributed by atoms with Crippen molar-refractivity contribution in [1.82, 2.24) is 25.2 Å². The summed E-state index contributed by atoms with van der Waals surface area (Å²) < 4.78 is 11.8. The zero-order valence-corrected chi connectivity index (χ0v) is 23.5. The lowest BCUT2D eigenvalue weighted by Gasteiger charge is -2.32. The molecular weight excluding hydrogens is 506 g/mol. The SMILES string of the molecule is O=C(c1cc(OCC2CCOCC2)cc(C2CC2)c1)N1CCC2CN(C(O)C3CCc4n[nH]nc4C3)CC2CC1. The van der Waals surface area contributed by atoms with E-state index in [0.717, 1.165) is 107 Å². The number of aryl methyl sites for hydroxylation is 1. The van der Waals surface area contributed by atoms with Gasteiger partial charge in [-0.2, -0.15) is 15.4 Å². The Balaban J connectivity index is 0.967. The Bertz CT molecular complexity index is 1180. The highest BCUT2D eigenvalue weighted by Crippen LogP contribution is 2.42. The van der Waals surface area contributed by atoms with Gasteiger partial charge in [0.15, 0.2) is 0 Å². The summed E-state index contributed by atoms with van der Waals surface area (Å²) in [5.74, 6) is 3.33. The number of rotatable bonds is 7. The molecule has 4 heterocycles. The molecule has 4 unspecified atom stereocenters. The molecule has 2 N–H and O–H groups in total. The van der Waals surface area contributed by atoms with Crippen LogP contribution >= 0.6 is 0 Å². The Morgan fingerprint density at radius 1 is 1.00 bits per heavy atom. The molecule has 5 aliphatic rings. The molecule has 1 aromatic carbocycles. The van der Waals surface area contributed by atoms with Crippen molar-refractivity contribution in [2.24, 2.45) is 23.7 Å². The average Bonchev–Trinajstić information content (AvgIpc) is 3.66. The number of benzene rings is 1. The lowest BCUT2D eigenvalue weighted by Crippen LogP contribution is -2.42. The van der Waals surface area contributed by atoms with E-state index in [1.54, 1.807) is 0 Å². The second-order valence-corrected chi connectivity index (χ2v) is 12.9. The van der Waals surface area contributed by atoms with E-state index in [2.05, 4.69) is 37.3 Å². The van der Waals surface area contributed by atoms with Crippen LogP contribution in [-0.4, -0.2) is 88.5 Å². The Hall–Kier alpha value is -2.49. The van der Waals surface area contributed by atoms with Gasteiger partial charge in [-0.3, -0.25) is 9.69 Å². The van der Waals surface area contributed by atoms with Gasteiger partial charge in [-0.05, 0) is 98.8 Å². The lowest BCUT2D eigenvalue weighted by molar-refractivity contribution is -0.0352. The molecule has 9 nitrogen and oxygen atoms in total. The summed E-state index contributed by atoms with van der Waals surface area (Å²) in [5, 5.41) is 22.5.